The highest BCUT2D eigenvalue weighted by Crippen LogP contribution is 2.28. The molecular weight excluding hydrogens is 266 g/mol. The molecular formula is C17H25NOS. The summed E-state index contributed by atoms with van der Waals surface area (Å²) in [6.45, 7) is 2.26. The Bertz CT molecular complexity index is 434. The minimum Gasteiger partial charge on any atom is -0.342 e. The molecule has 2 rings (SSSR count). The van der Waals surface area contributed by atoms with E-state index >= 15 is 0 Å². The van der Waals surface area contributed by atoms with E-state index in [2.05, 4.69) is 31.7 Å². The van der Waals surface area contributed by atoms with Crippen LogP contribution in [-0.4, -0.2) is 29.1 Å². The van der Waals surface area contributed by atoms with E-state index in [-0.39, 0.29) is 11.2 Å². The van der Waals surface area contributed by atoms with E-state index in [0.29, 0.717) is 18.4 Å². The molecule has 1 saturated carbocycles. The minimum atomic E-state index is -0.239. The fourth-order valence-corrected chi connectivity index (χ4v) is 3.59. The lowest BCUT2D eigenvalue weighted by molar-refractivity contribution is -0.132. The Morgan fingerprint density at radius 2 is 1.95 bits per heavy atom. The maximum absolute atomic E-state index is 12.5. The summed E-state index contributed by atoms with van der Waals surface area (Å²) in [5.74, 6) is 0.769. The predicted molar refractivity (Wildman–Crippen MR) is 87.1 cm³/mol. The monoisotopic (exact) mass is 291 g/mol. The second-order valence-electron chi connectivity index (χ2n) is 5.98. The molecule has 0 spiro atoms. The number of amides is 1. The van der Waals surface area contributed by atoms with Gasteiger partial charge >= 0.3 is 0 Å². The number of carbonyl (C=O) groups excluding carboxylic acids is 1. The van der Waals surface area contributed by atoms with Crippen LogP contribution in [0.4, 0.5) is 0 Å². The van der Waals surface area contributed by atoms with Crippen LogP contribution >= 0.6 is 12.6 Å². The zero-order chi connectivity index (χ0) is 14.5. The molecule has 0 heterocycles. The SMILES string of the molecule is CC1CCCCC1N(C)C(=O)C(S)Cc1ccccc1. The maximum atomic E-state index is 12.5. The summed E-state index contributed by atoms with van der Waals surface area (Å²) < 4.78 is 0. The largest absolute Gasteiger partial charge is 0.342 e. The van der Waals surface area contributed by atoms with E-state index in [9.17, 15) is 4.79 Å². The molecule has 1 aliphatic carbocycles. The molecule has 0 radical (unpaired) electrons. The van der Waals surface area contributed by atoms with Gasteiger partial charge in [0.25, 0.3) is 0 Å². The molecule has 0 N–H and O–H groups in total. The Labute approximate surface area is 128 Å². The molecule has 1 fully saturated rings. The van der Waals surface area contributed by atoms with Crippen molar-refractivity contribution >= 4 is 18.5 Å². The van der Waals surface area contributed by atoms with Gasteiger partial charge in [-0.3, -0.25) is 4.79 Å². The first-order valence-electron chi connectivity index (χ1n) is 7.58. The van der Waals surface area contributed by atoms with Crippen LogP contribution in [0.1, 0.15) is 38.2 Å². The van der Waals surface area contributed by atoms with Gasteiger partial charge in [-0.1, -0.05) is 50.1 Å². The lowest BCUT2D eigenvalue weighted by Gasteiger charge is -2.37. The molecule has 1 aromatic carbocycles. The molecule has 1 aliphatic rings. The first kappa shape index (κ1) is 15.4. The van der Waals surface area contributed by atoms with Crippen LogP contribution < -0.4 is 0 Å². The second-order valence-corrected chi connectivity index (χ2v) is 6.61. The highest BCUT2D eigenvalue weighted by molar-refractivity contribution is 7.81. The lowest BCUT2D eigenvalue weighted by Crippen LogP contribution is -2.46. The summed E-state index contributed by atoms with van der Waals surface area (Å²) in [5, 5.41) is -0.239. The maximum Gasteiger partial charge on any atom is 0.235 e. The molecule has 3 heteroatoms. The van der Waals surface area contributed by atoms with Gasteiger partial charge in [0.05, 0.1) is 5.25 Å². The van der Waals surface area contributed by atoms with Gasteiger partial charge in [0.1, 0.15) is 0 Å². The average molecular weight is 291 g/mol. The van der Waals surface area contributed by atoms with Crippen LogP contribution in [0, 0.1) is 5.92 Å². The van der Waals surface area contributed by atoms with Gasteiger partial charge < -0.3 is 4.90 Å². The van der Waals surface area contributed by atoms with E-state index in [1.807, 2.05) is 30.1 Å². The quantitative estimate of drug-likeness (QED) is 0.841. The number of benzene rings is 1. The van der Waals surface area contributed by atoms with Crippen molar-refractivity contribution in [2.45, 2.75) is 50.3 Å². The van der Waals surface area contributed by atoms with E-state index in [0.717, 1.165) is 6.42 Å². The minimum absolute atomic E-state index is 0.163. The van der Waals surface area contributed by atoms with Crippen LogP contribution in [0.25, 0.3) is 0 Å². The zero-order valence-electron chi connectivity index (χ0n) is 12.5. The summed E-state index contributed by atoms with van der Waals surface area (Å²) in [7, 11) is 1.95. The summed E-state index contributed by atoms with van der Waals surface area (Å²) in [6, 6.07) is 10.5. The number of nitrogens with zero attached hydrogens (tertiary/aromatic N) is 1. The standard InChI is InChI=1S/C17H25NOS/c1-13-8-6-7-11-15(13)18(2)17(19)16(20)12-14-9-4-3-5-10-14/h3-5,9-10,13,15-16,20H,6-8,11-12H2,1-2H3. The molecule has 3 atom stereocenters. The predicted octanol–water partition coefficient (Wildman–Crippen LogP) is 3.56. The van der Waals surface area contributed by atoms with Crippen molar-refractivity contribution < 1.29 is 4.79 Å². The van der Waals surface area contributed by atoms with Crippen molar-refractivity contribution in [2.24, 2.45) is 5.92 Å². The highest BCUT2D eigenvalue weighted by Gasteiger charge is 2.30. The number of thiol groups is 1. The van der Waals surface area contributed by atoms with Crippen LogP contribution in [0.5, 0.6) is 0 Å². The third-order valence-corrected chi connectivity index (χ3v) is 4.87. The lowest BCUT2D eigenvalue weighted by atomic mass is 9.85. The Morgan fingerprint density at radius 3 is 2.60 bits per heavy atom. The summed E-state index contributed by atoms with van der Waals surface area (Å²) in [6.07, 6.45) is 5.61. The van der Waals surface area contributed by atoms with Crippen molar-refractivity contribution in [3.63, 3.8) is 0 Å². The van der Waals surface area contributed by atoms with Crippen molar-refractivity contribution in [3.8, 4) is 0 Å². The topological polar surface area (TPSA) is 20.3 Å². The highest BCUT2D eigenvalue weighted by atomic mass is 32.1. The van der Waals surface area contributed by atoms with Gasteiger partial charge in [0.15, 0.2) is 0 Å². The fraction of sp³-hybridized carbons (Fsp3) is 0.588. The molecule has 1 amide bonds. The van der Waals surface area contributed by atoms with Crippen molar-refractivity contribution in [1.82, 2.24) is 4.90 Å². The smallest absolute Gasteiger partial charge is 0.235 e. The van der Waals surface area contributed by atoms with Gasteiger partial charge in [-0.05, 0) is 30.7 Å². The van der Waals surface area contributed by atoms with Crippen LogP contribution in [0.15, 0.2) is 30.3 Å². The number of hydrogen-bond donors (Lipinski definition) is 1. The average Bonchev–Trinajstić information content (AvgIpc) is 2.47. The Morgan fingerprint density at radius 1 is 1.30 bits per heavy atom. The zero-order valence-corrected chi connectivity index (χ0v) is 13.4. The summed E-state index contributed by atoms with van der Waals surface area (Å²) in [4.78, 5) is 14.5. The summed E-state index contributed by atoms with van der Waals surface area (Å²) in [5.41, 5.74) is 1.17. The van der Waals surface area contributed by atoms with Gasteiger partial charge in [-0.2, -0.15) is 12.6 Å². The fourth-order valence-electron chi connectivity index (χ4n) is 3.20. The van der Waals surface area contributed by atoms with Crippen molar-refractivity contribution in [3.05, 3.63) is 35.9 Å². The normalized spacial score (nSPS) is 24.1. The van der Waals surface area contributed by atoms with Gasteiger partial charge in [0.2, 0.25) is 5.91 Å². The molecule has 2 nitrogen and oxygen atoms in total. The molecule has 0 bridgehead atoms. The molecule has 3 unspecified atom stereocenters. The third kappa shape index (κ3) is 3.78. The molecule has 1 aromatic rings. The van der Waals surface area contributed by atoms with Crippen LogP contribution in [0.2, 0.25) is 0 Å². The van der Waals surface area contributed by atoms with Crippen molar-refractivity contribution in [2.75, 3.05) is 7.05 Å². The van der Waals surface area contributed by atoms with Gasteiger partial charge in [0, 0.05) is 13.1 Å². The number of hydrogen-bond acceptors (Lipinski definition) is 2. The molecule has 0 aliphatic heterocycles. The Balaban J connectivity index is 1.95. The van der Waals surface area contributed by atoms with E-state index in [4.69, 9.17) is 0 Å². The van der Waals surface area contributed by atoms with E-state index < -0.39 is 0 Å². The van der Waals surface area contributed by atoms with Crippen molar-refractivity contribution in [1.29, 1.82) is 0 Å². The van der Waals surface area contributed by atoms with Gasteiger partial charge in [-0.25, -0.2) is 0 Å². The number of carbonyl (C=O) groups is 1. The Kier molecular flexibility index (Phi) is 5.53. The third-order valence-electron chi connectivity index (χ3n) is 4.47. The number of rotatable bonds is 4. The first-order chi connectivity index (χ1) is 9.59. The van der Waals surface area contributed by atoms with Crippen LogP contribution in [-0.2, 0) is 11.2 Å². The molecule has 20 heavy (non-hydrogen) atoms. The molecule has 0 aromatic heterocycles. The van der Waals surface area contributed by atoms with E-state index in [1.165, 1.54) is 24.8 Å². The Hall–Kier alpha value is -0.960. The summed E-state index contributed by atoms with van der Waals surface area (Å²) >= 11 is 4.53. The molecule has 0 saturated heterocycles. The molecule has 110 valence electrons. The van der Waals surface area contributed by atoms with Gasteiger partial charge in [-0.15, -0.1) is 0 Å². The second kappa shape index (κ2) is 7.16. The van der Waals surface area contributed by atoms with E-state index in [1.54, 1.807) is 0 Å². The van der Waals surface area contributed by atoms with Crippen LogP contribution in [0.3, 0.4) is 0 Å². The first-order valence-corrected chi connectivity index (χ1v) is 8.10.